The minimum Gasteiger partial charge on any atom is -0.214 e. The van der Waals surface area contributed by atoms with Crippen molar-refractivity contribution < 1.29 is 21.6 Å². The Morgan fingerprint density at radius 3 is 2.23 bits per heavy atom. The molecule has 3 nitrogen and oxygen atoms in total. The third kappa shape index (κ3) is 8.32. The van der Waals surface area contributed by atoms with Gasteiger partial charge in [-0.05, 0) is 6.42 Å². The molecule has 0 aliphatic heterocycles. The van der Waals surface area contributed by atoms with Crippen molar-refractivity contribution in [3.8, 4) is 0 Å². The molecule has 0 aromatic heterocycles. The van der Waals surface area contributed by atoms with Crippen LogP contribution in [0.2, 0.25) is 0 Å². The second-order valence-electron chi connectivity index (χ2n) is 2.34. The number of rotatable bonds is 5. The van der Waals surface area contributed by atoms with Gasteiger partial charge >= 0.3 is 6.18 Å². The Labute approximate surface area is 79.3 Å². The van der Waals surface area contributed by atoms with Crippen LogP contribution in [0.5, 0.6) is 0 Å². The van der Waals surface area contributed by atoms with Gasteiger partial charge in [0.15, 0.2) is 0 Å². The summed E-state index contributed by atoms with van der Waals surface area (Å²) in [5.41, 5.74) is 0. The van der Waals surface area contributed by atoms with Crippen LogP contribution in [0.1, 0.15) is 12.8 Å². The number of hydrogen-bond donors (Lipinski definition) is 1. The van der Waals surface area contributed by atoms with Crippen molar-refractivity contribution in [2.75, 3.05) is 11.8 Å². The topological polar surface area (TPSA) is 46.2 Å². The molecule has 0 aromatic carbocycles. The molecule has 80 valence electrons. The summed E-state index contributed by atoms with van der Waals surface area (Å²) in [5, 5.41) is -0.640. The maximum Gasteiger partial charge on any atom is 0.389 e. The Morgan fingerprint density at radius 2 is 1.85 bits per heavy atom. The predicted molar refractivity (Wildman–Crippen MR) is 42.9 cm³/mol. The molecule has 0 saturated carbocycles. The van der Waals surface area contributed by atoms with Gasteiger partial charge in [-0.15, -0.1) is 11.6 Å². The summed E-state index contributed by atoms with van der Waals surface area (Å²) in [4.78, 5) is 0. The lowest BCUT2D eigenvalue weighted by atomic mass is 10.3. The number of sulfonamides is 1. The summed E-state index contributed by atoms with van der Waals surface area (Å²) in [6, 6.07) is 0. The highest BCUT2D eigenvalue weighted by atomic mass is 35.5. The molecule has 0 fully saturated rings. The molecule has 0 radical (unpaired) electrons. The van der Waals surface area contributed by atoms with Crippen LogP contribution in [0.3, 0.4) is 0 Å². The van der Waals surface area contributed by atoms with Gasteiger partial charge in [0, 0.05) is 13.0 Å². The Bertz CT molecular complexity index is 239. The van der Waals surface area contributed by atoms with Gasteiger partial charge in [-0.25, -0.2) is 13.1 Å². The molecule has 0 saturated heterocycles. The van der Waals surface area contributed by atoms with E-state index in [0.717, 1.165) is 0 Å². The molecule has 0 aliphatic carbocycles. The first kappa shape index (κ1) is 13.0. The third-order valence-corrected chi connectivity index (χ3v) is 2.90. The molecular formula is C5H9ClF3NO2S. The molecule has 0 aromatic rings. The average Bonchev–Trinajstić information content (AvgIpc) is 1.97. The van der Waals surface area contributed by atoms with Crippen LogP contribution < -0.4 is 4.72 Å². The monoisotopic (exact) mass is 239 g/mol. The van der Waals surface area contributed by atoms with Gasteiger partial charge in [-0.2, -0.15) is 13.2 Å². The Balaban J connectivity index is 3.59. The van der Waals surface area contributed by atoms with E-state index in [-0.39, 0.29) is 13.0 Å². The predicted octanol–water partition coefficient (Wildman–Crippen LogP) is 1.44. The fourth-order valence-electron chi connectivity index (χ4n) is 0.555. The molecule has 0 heterocycles. The van der Waals surface area contributed by atoms with Crippen molar-refractivity contribution in [1.82, 2.24) is 4.72 Å². The molecule has 0 aliphatic rings. The molecule has 0 atom stereocenters. The maximum atomic E-state index is 11.6. The molecule has 8 heteroatoms. The van der Waals surface area contributed by atoms with E-state index in [9.17, 15) is 21.6 Å². The van der Waals surface area contributed by atoms with Gasteiger partial charge in [0.1, 0.15) is 5.21 Å². The SMILES string of the molecule is O=S(=O)(CCl)NCCCC(F)(F)F. The Morgan fingerprint density at radius 1 is 1.31 bits per heavy atom. The number of alkyl halides is 4. The van der Waals surface area contributed by atoms with E-state index in [2.05, 4.69) is 0 Å². The molecule has 0 rings (SSSR count). The van der Waals surface area contributed by atoms with E-state index >= 15 is 0 Å². The third-order valence-electron chi connectivity index (χ3n) is 1.10. The van der Waals surface area contributed by atoms with E-state index in [1.807, 2.05) is 4.72 Å². The van der Waals surface area contributed by atoms with Crippen LogP contribution in [-0.4, -0.2) is 26.4 Å². The van der Waals surface area contributed by atoms with E-state index in [0.29, 0.717) is 0 Å². The molecule has 0 bridgehead atoms. The van der Waals surface area contributed by atoms with E-state index < -0.39 is 27.8 Å². The number of nitrogens with one attached hydrogen (secondary N) is 1. The zero-order chi connectivity index (χ0) is 10.5. The summed E-state index contributed by atoms with van der Waals surface area (Å²) in [5.74, 6) is 0. The first-order chi connectivity index (χ1) is 5.77. The highest BCUT2D eigenvalue weighted by Gasteiger charge is 2.26. The van der Waals surface area contributed by atoms with Crippen LogP contribution in [0.15, 0.2) is 0 Å². The molecule has 0 spiro atoms. The van der Waals surface area contributed by atoms with E-state index in [1.54, 1.807) is 0 Å². The molecule has 0 unspecified atom stereocenters. The summed E-state index contributed by atoms with van der Waals surface area (Å²) in [6.07, 6.45) is -5.52. The second-order valence-corrected chi connectivity index (χ2v) is 4.73. The van der Waals surface area contributed by atoms with Gasteiger partial charge in [0.05, 0.1) is 0 Å². The van der Waals surface area contributed by atoms with Gasteiger partial charge in [-0.1, -0.05) is 0 Å². The van der Waals surface area contributed by atoms with Crippen molar-refractivity contribution in [1.29, 1.82) is 0 Å². The average molecular weight is 240 g/mol. The lowest BCUT2D eigenvalue weighted by molar-refractivity contribution is -0.135. The first-order valence-electron chi connectivity index (χ1n) is 3.37. The number of halogens is 4. The van der Waals surface area contributed by atoms with Crippen molar-refractivity contribution in [2.45, 2.75) is 19.0 Å². The minimum atomic E-state index is -4.24. The van der Waals surface area contributed by atoms with E-state index in [1.165, 1.54) is 0 Å². The zero-order valence-electron chi connectivity index (χ0n) is 6.57. The molecular weight excluding hydrogens is 231 g/mol. The van der Waals surface area contributed by atoms with Crippen LogP contribution in [-0.2, 0) is 10.0 Å². The van der Waals surface area contributed by atoms with Gasteiger partial charge in [0.25, 0.3) is 0 Å². The maximum absolute atomic E-state index is 11.6. The highest BCUT2D eigenvalue weighted by Crippen LogP contribution is 2.20. The largest absolute Gasteiger partial charge is 0.389 e. The van der Waals surface area contributed by atoms with E-state index in [4.69, 9.17) is 11.6 Å². The van der Waals surface area contributed by atoms with Crippen LogP contribution in [0.25, 0.3) is 0 Å². The van der Waals surface area contributed by atoms with Crippen LogP contribution in [0.4, 0.5) is 13.2 Å². The lowest BCUT2D eigenvalue weighted by Gasteiger charge is -2.06. The van der Waals surface area contributed by atoms with Gasteiger partial charge < -0.3 is 0 Å². The summed E-state index contributed by atoms with van der Waals surface area (Å²) in [6.45, 7) is -0.242. The normalized spacial score (nSPS) is 13.2. The summed E-state index contributed by atoms with van der Waals surface area (Å²) < 4.78 is 57.8. The van der Waals surface area contributed by atoms with Crippen molar-refractivity contribution in [3.63, 3.8) is 0 Å². The Kier molecular flexibility index (Phi) is 5.01. The fourth-order valence-corrected chi connectivity index (χ4v) is 1.32. The van der Waals surface area contributed by atoms with Gasteiger partial charge in [0.2, 0.25) is 10.0 Å². The van der Waals surface area contributed by atoms with Crippen LogP contribution >= 0.6 is 11.6 Å². The zero-order valence-corrected chi connectivity index (χ0v) is 8.14. The van der Waals surface area contributed by atoms with Crippen LogP contribution in [0, 0.1) is 0 Å². The number of hydrogen-bond acceptors (Lipinski definition) is 2. The fraction of sp³-hybridized carbons (Fsp3) is 1.00. The molecule has 1 N–H and O–H groups in total. The van der Waals surface area contributed by atoms with Crippen molar-refractivity contribution in [3.05, 3.63) is 0 Å². The van der Waals surface area contributed by atoms with Crippen molar-refractivity contribution in [2.24, 2.45) is 0 Å². The smallest absolute Gasteiger partial charge is 0.214 e. The highest BCUT2D eigenvalue weighted by molar-refractivity contribution is 7.90. The first-order valence-corrected chi connectivity index (χ1v) is 5.55. The summed E-state index contributed by atoms with van der Waals surface area (Å²) in [7, 11) is -3.59. The molecule has 13 heavy (non-hydrogen) atoms. The standard InChI is InChI=1S/C5H9ClF3NO2S/c6-4-13(11,12)10-3-1-2-5(7,8)9/h10H,1-4H2. The lowest BCUT2D eigenvalue weighted by Crippen LogP contribution is -2.26. The summed E-state index contributed by atoms with van der Waals surface area (Å²) >= 11 is 4.99. The van der Waals surface area contributed by atoms with Gasteiger partial charge in [-0.3, -0.25) is 0 Å². The molecule has 0 amide bonds. The Hall–Kier alpha value is -0.0100. The minimum absolute atomic E-state index is 0.242. The second kappa shape index (κ2) is 5.02. The van der Waals surface area contributed by atoms with Crippen molar-refractivity contribution >= 4 is 21.6 Å². The quantitative estimate of drug-likeness (QED) is 0.583.